The van der Waals surface area contributed by atoms with Crippen LogP contribution in [-0.2, 0) is 11.3 Å². The average Bonchev–Trinajstić information content (AvgIpc) is 3.19. The maximum atomic E-state index is 12.8. The fourth-order valence-corrected chi connectivity index (χ4v) is 3.99. The molecule has 7 heteroatoms. The minimum atomic E-state index is -0.00511. The number of carbonyl (C=O) groups is 1. The molecule has 0 aliphatic rings. The van der Waals surface area contributed by atoms with E-state index in [9.17, 15) is 4.79 Å². The molecule has 0 fully saturated rings. The first-order valence-corrected chi connectivity index (χ1v) is 10.7. The first-order chi connectivity index (χ1) is 14.6. The molecule has 6 nitrogen and oxygen atoms in total. The zero-order valence-electron chi connectivity index (χ0n) is 17.5. The number of ether oxygens (including phenoxy) is 1. The molecule has 0 saturated heterocycles. The van der Waals surface area contributed by atoms with Crippen molar-refractivity contribution in [3.05, 3.63) is 72.8 Å². The fourth-order valence-electron chi connectivity index (χ4n) is 3.12. The molecular formula is C23H26N4O2S. The van der Waals surface area contributed by atoms with Crippen LogP contribution in [0.4, 0.5) is 0 Å². The van der Waals surface area contributed by atoms with Crippen molar-refractivity contribution in [1.29, 1.82) is 0 Å². The molecule has 2 aromatic carbocycles. The van der Waals surface area contributed by atoms with Gasteiger partial charge < -0.3 is 9.64 Å². The predicted molar refractivity (Wildman–Crippen MR) is 121 cm³/mol. The van der Waals surface area contributed by atoms with Gasteiger partial charge in [-0.05, 0) is 24.6 Å². The zero-order valence-corrected chi connectivity index (χ0v) is 18.3. The topological polar surface area (TPSA) is 60.2 Å². The van der Waals surface area contributed by atoms with Gasteiger partial charge in [-0.3, -0.25) is 9.36 Å². The molecule has 3 aromatic rings. The van der Waals surface area contributed by atoms with Crippen molar-refractivity contribution >= 4 is 17.7 Å². The van der Waals surface area contributed by atoms with Crippen LogP contribution >= 0.6 is 11.8 Å². The maximum Gasteiger partial charge on any atom is 0.233 e. The number of methoxy groups -OCH3 is 1. The molecule has 156 valence electrons. The monoisotopic (exact) mass is 422 g/mol. The van der Waals surface area contributed by atoms with E-state index < -0.39 is 0 Å². The highest BCUT2D eigenvalue weighted by atomic mass is 32.2. The first-order valence-electron chi connectivity index (χ1n) is 9.67. The van der Waals surface area contributed by atoms with E-state index in [0.717, 1.165) is 16.9 Å². The molecule has 1 aromatic heterocycles. The summed E-state index contributed by atoms with van der Waals surface area (Å²) in [4.78, 5) is 14.5. The van der Waals surface area contributed by atoms with E-state index in [0.29, 0.717) is 17.5 Å². The molecule has 0 aliphatic carbocycles. The van der Waals surface area contributed by atoms with E-state index in [4.69, 9.17) is 4.74 Å². The van der Waals surface area contributed by atoms with Gasteiger partial charge in [0.2, 0.25) is 5.91 Å². The largest absolute Gasteiger partial charge is 0.496 e. The van der Waals surface area contributed by atoms with Crippen LogP contribution in [0.3, 0.4) is 0 Å². The summed E-state index contributed by atoms with van der Waals surface area (Å²) in [7, 11) is 3.46. The van der Waals surface area contributed by atoms with Gasteiger partial charge in [-0.2, -0.15) is 0 Å². The molecule has 0 aliphatic heterocycles. The highest BCUT2D eigenvalue weighted by Crippen LogP contribution is 2.31. The fraction of sp³-hybridized carbons (Fsp3) is 0.261. The molecule has 0 saturated carbocycles. The summed E-state index contributed by atoms with van der Waals surface area (Å²) in [5.41, 5.74) is 1.95. The molecule has 1 amide bonds. The molecule has 3 rings (SSSR count). The van der Waals surface area contributed by atoms with Crippen LogP contribution in [0.1, 0.15) is 18.5 Å². The first kappa shape index (κ1) is 21.6. The lowest BCUT2D eigenvalue weighted by Gasteiger charge is -2.25. The molecule has 0 N–H and O–H groups in total. The van der Waals surface area contributed by atoms with Crippen LogP contribution in [0.25, 0.3) is 11.4 Å². The molecule has 1 heterocycles. The van der Waals surface area contributed by atoms with Crippen molar-refractivity contribution in [2.45, 2.75) is 24.7 Å². The molecular weight excluding hydrogens is 396 g/mol. The third kappa shape index (κ3) is 4.74. The zero-order chi connectivity index (χ0) is 21.5. The molecule has 0 spiro atoms. The van der Waals surface area contributed by atoms with Crippen LogP contribution in [0.5, 0.6) is 5.75 Å². The van der Waals surface area contributed by atoms with E-state index in [1.165, 1.54) is 11.8 Å². The van der Waals surface area contributed by atoms with Gasteiger partial charge in [-0.15, -0.1) is 16.8 Å². The van der Waals surface area contributed by atoms with Crippen LogP contribution in [0.2, 0.25) is 0 Å². The highest BCUT2D eigenvalue weighted by Gasteiger charge is 2.21. The minimum Gasteiger partial charge on any atom is -0.496 e. The Morgan fingerprint density at radius 2 is 1.90 bits per heavy atom. The van der Waals surface area contributed by atoms with Gasteiger partial charge in [-0.25, -0.2) is 0 Å². The molecule has 30 heavy (non-hydrogen) atoms. The van der Waals surface area contributed by atoms with Gasteiger partial charge in [0.15, 0.2) is 11.0 Å². The van der Waals surface area contributed by atoms with Gasteiger partial charge in [0.1, 0.15) is 5.75 Å². The lowest BCUT2D eigenvalue weighted by Crippen LogP contribution is -2.31. The van der Waals surface area contributed by atoms with Crippen molar-refractivity contribution in [2.24, 2.45) is 0 Å². The van der Waals surface area contributed by atoms with E-state index >= 15 is 0 Å². The number of rotatable bonds is 9. The minimum absolute atomic E-state index is 0.00511. The summed E-state index contributed by atoms with van der Waals surface area (Å²) in [5, 5.41) is 9.35. The van der Waals surface area contributed by atoms with Crippen molar-refractivity contribution in [1.82, 2.24) is 19.7 Å². The van der Waals surface area contributed by atoms with Crippen molar-refractivity contribution < 1.29 is 9.53 Å². The predicted octanol–water partition coefficient (Wildman–Crippen LogP) is 4.45. The number of thioether (sulfide) groups is 1. The van der Waals surface area contributed by atoms with Gasteiger partial charge >= 0.3 is 0 Å². The van der Waals surface area contributed by atoms with E-state index in [1.54, 1.807) is 18.1 Å². The van der Waals surface area contributed by atoms with Gasteiger partial charge in [0.05, 0.1) is 24.5 Å². The Morgan fingerprint density at radius 1 is 1.20 bits per heavy atom. The Labute approximate surface area is 181 Å². The summed E-state index contributed by atoms with van der Waals surface area (Å²) >= 11 is 1.37. The van der Waals surface area contributed by atoms with Crippen LogP contribution in [-0.4, -0.2) is 45.5 Å². The summed E-state index contributed by atoms with van der Waals surface area (Å²) in [5.74, 6) is 1.71. The second-order valence-electron chi connectivity index (χ2n) is 6.79. The lowest BCUT2D eigenvalue weighted by atomic mass is 10.1. The normalized spacial score (nSPS) is 11.7. The number of nitrogens with zero attached hydrogens (tertiary/aromatic N) is 4. The smallest absolute Gasteiger partial charge is 0.233 e. The number of hydrogen-bond acceptors (Lipinski definition) is 5. The number of para-hydroxylation sites is 1. The quantitative estimate of drug-likeness (QED) is 0.377. The number of aromatic nitrogens is 3. The van der Waals surface area contributed by atoms with E-state index in [1.807, 2.05) is 73.1 Å². The summed E-state index contributed by atoms with van der Waals surface area (Å²) in [6.07, 6.45) is 1.79. The molecule has 0 bridgehead atoms. The van der Waals surface area contributed by atoms with E-state index in [-0.39, 0.29) is 17.7 Å². The number of hydrogen-bond donors (Lipinski definition) is 0. The number of allylic oxidation sites excluding steroid dienone is 1. The third-order valence-electron chi connectivity index (χ3n) is 4.96. The Kier molecular flexibility index (Phi) is 7.30. The average molecular weight is 423 g/mol. The molecule has 1 unspecified atom stereocenters. The second kappa shape index (κ2) is 10.1. The second-order valence-corrected chi connectivity index (χ2v) is 7.73. The van der Waals surface area contributed by atoms with Crippen molar-refractivity contribution in [2.75, 3.05) is 19.9 Å². The maximum absolute atomic E-state index is 12.8. The van der Waals surface area contributed by atoms with Crippen LogP contribution < -0.4 is 4.74 Å². The Balaban J connectivity index is 1.76. The van der Waals surface area contributed by atoms with Crippen molar-refractivity contribution in [3.63, 3.8) is 0 Å². The van der Waals surface area contributed by atoms with E-state index in [2.05, 4.69) is 16.8 Å². The number of amides is 1. The van der Waals surface area contributed by atoms with Gasteiger partial charge in [0.25, 0.3) is 0 Å². The number of carbonyl (C=O) groups excluding carboxylic acids is 1. The Hall–Kier alpha value is -3.06. The van der Waals surface area contributed by atoms with Crippen molar-refractivity contribution in [3.8, 4) is 17.1 Å². The van der Waals surface area contributed by atoms with Gasteiger partial charge in [-0.1, -0.05) is 60.3 Å². The third-order valence-corrected chi connectivity index (χ3v) is 5.91. The van der Waals surface area contributed by atoms with Crippen LogP contribution in [0, 0.1) is 0 Å². The van der Waals surface area contributed by atoms with Crippen LogP contribution in [0.15, 0.2) is 72.4 Å². The number of benzene rings is 2. The molecule has 0 radical (unpaired) electrons. The Morgan fingerprint density at radius 3 is 2.60 bits per heavy atom. The summed E-state index contributed by atoms with van der Waals surface area (Å²) in [6.45, 7) is 6.40. The highest BCUT2D eigenvalue weighted by molar-refractivity contribution is 7.99. The SMILES string of the molecule is C=CCn1c(SCC(=O)N(C)C(C)c2ccccc2)nnc1-c1ccccc1OC. The summed E-state index contributed by atoms with van der Waals surface area (Å²) in [6, 6.07) is 17.7. The molecule has 1 atom stereocenters. The standard InChI is InChI=1S/C23H26N4O2S/c1-5-15-27-22(19-13-9-10-14-20(19)29-4)24-25-23(27)30-16-21(28)26(3)17(2)18-11-7-6-8-12-18/h5-14,17H,1,15-16H2,2-4H3. The summed E-state index contributed by atoms with van der Waals surface area (Å²) < 4.78 is 7.41. The lowest BCUT2D eigenvalue weighted by molar-refractivity contribution is -0.128. The van der Waals surface area contributed by atoms with Gasteiger partial charge in [0, 0.05) is 13.6 Å². The Bertz CT molecular complexity index is 1000.